The van der Waals surface area contributed by atoms with Gasteiger partial charge >= 0.3 is 0 Å². The lowest BCUT2D eigenvalue weighted by molar-refractivity contribution is 0.467. The maximum Gasteiger partial charge on any atom is 0.296 e. The summed E-state index contributed by atoms with van der Waals surface area (Å²) in [6, 6.07) is 12.9. The highest BCUT2D eigenvalue weighted by atomic mass is 32.2. The molecule has 5 N–H and O–H groups in total. The standard InChI is InChI=1S/C20H18N4O4S/c1-2-11-7-20(29(26,27)28)18(10-19(11)25)22-13-4-6-15-17(9-13)24-14-5-3-12(21)8-16(14)23-15/h3-10,22,25H,2,21H2,1H3,(H,26,27,28). The van der Waals surface area contributed by atoms with Crippen LogP contribution in [0.15, 0.2) is 53.4 Å². The minimum absolute atomic E-state index is 0.0584. The Labute approximate surface area is 166 Å². The first-order valence-corrected chi connectivity index (χ1v) is 10.3. The zero-order valence-corrected chi connectivity index (χ0v) is 16.2. The predicted molar refractivity (Wildman–Crippen MR) is 112 cm³/mol. The van der Waals surface area contributed by atoms with Crippen molar-refractivity contribution in [3.05, 3.63) is 54.1 Å². The number of anilines is 3. The largest absolute Gasteiger partial charge is 0.508 e. The average Bonchev–Trinajstić information content (AvgIpc) is 2.65. The van der Waals surface area contributed by atoms with E-state index >= 15 is 0 Å². The molecule has 1 aromatic heterocycles. The van der Waals surface area contributed by atoms with E-state index in [9.17, 15) is 18.1 Å². The first-order valence-electron chi connectivity index (χ1n) is 8.82. The molecule has 0 unspecified atom stereocenters. The molecular formula is C20H18N4O4S. The van der Waals surface area contributed by atoms with Crippen LogP contribution in [0.2, 0.25) is 0 Å². The summed E-state index contributed by atoms with van der Waals surface area (Å²) in [5.74, 6) is -0.0634. The molecule has 0 spiro atoms. The zero-order valence-electron chi connectivity index (χ0n) is 15.4. The lowest BCUT2D eigenvalue weighted by atomic mass is 10.1. The highest BCUT2D eigenvalue weighted by Gasteiger charge is 2.19. The number of rotatable bonds is 4. The number of nitrogen functional groups attached to an aromatic ring is 1. The second kappa shape index (κ2) is 6.87. The number of benzene rings is 3. The number of phenols is 1. The second-order valence-electron chi connectivity index (χ2n) is 6.61. The highest BCUT2D eigenvalue weighted by molar-refractivity contribution is 7.86. The molecule has 0 bridgehead atoms. The van der Waals surface area contributed by atoms with Gasteiger partial charge in [-0.1, -0.05) is 6.92 Å². The SMILES string of the molecule is CCc1cc(S(=O)(=O)O)c(Nc2ccc3nc4cc(N)ccc4nc3c2)cc1O. The molecule has 0 atom stereocenters. The van der Waals surface area contributed by atoms with Gasteiger partial charge in [0.2, 0.25) is 0 Å². The number of aromatic nitrogens is 2. The number of hydrogen-bond donors (Lipinski definition) is 4. The summed E-state index contributed by atoms with van der Waals surface area (Å²) in [4.78, 5) is 8.78. The molecule has 0 radical (unpaired) electrons. The van der Waals surface area contributed by atoms with Crippen LogP contribution in [-0.4, -0.2) is 28.0 Å². The van der Waals surface area contributed by atoms with E-state index in [1.165, 1.54) is 12.1 Å². The zero-order chi connectivity index (χ0) is 20.8. The molecular weight excluding hydrogens is 392 g/mol. The van der Waals surface area contributed by atoms with E-state index in [0.29, 0.717) is 45.4 Å². The Morgan fingerprint density at radius 1 is 0.966 bits per heavy atom. The molecule has 9 heteroatoms. The van der Waals surface area contributed by atoms with Crippen molar-refractivity contribution in [3.63, 3.8) is 0 Å². The molecule has 0 saturated carbocycles. The number of nitrogens with two attached hydrogens (primary N) is 1. The monoisotopic (exact) mass is 410 g/mol. The van der Waals surface area contributed by atoms with Crippen LogP contribution in [0.3, 0.4) is 0 Å². The van der Waals surface area contributed by atoms with E-state index in [2.05, 4.69) is 15.3 Å². The van der Waals surface area contributed by atoms with Crippen molar-refractivity contribution in [2.24, 2.45) is 0 Å². The number of phenolic OH excluding ortho intramolecular Hbond substituents is 1. The Bertz CT molecular complexity index is 1370. The van der Waals surface area contributed by atoms with Crippen molar-refractivity contribution in [2.75, 3.05) is 11.1 Å². The Balaban J connectivity index is 1.81. The van der Waals surface area contributed by atoms with Gasteiger partial charge in [0.25, 0.3) is 10.1 Å². The van der Waals surface area contributed by atoms with Crippen LogP contribution in [0, 0.1) is 0 Å². The first kappa shape index (κ1) is 18.9. The van der Waals surface area contributed by atoms with Gasteiger partial charge in [0.15, 0.2) is 0 Å². The Morgan fingerprint density at radius 2 is 1.62 bits per heavy atom. The molecule has 4 aromatic rings. The predicted octanol–water partition coefficient (Wildman–Crippen LogP) is 3.62. The number of aromatic hydroxyl groups is 1. The van der Waals surface area contributed by atoms with Gasteiger partial charge in [-0.25, -0.2) is 9.97 Å². The molecule has 0 aliphatic carbocycles. The lowest BCUT2D eigenvalue weighted by Crippen LogP contribution is -2.05. The average molecular weight is 410 g/mol. The van der Waals surface area contributed by atoms with Gasteiger partial charge in [0, 0.05) is 17.4 Å². The van der Waals surface area contributed by atoms with Gasteiger partial charge in [0.1, 0.15) is 10.6 Å². The van der Waals surface area contributed by atoms with Crippen LogP contribution in [0.1, 0.15) is 12.5 Å². The topological polar surface area (TPSA) is 138 Å². The van der Waals surface area contributed by atoms with Crippen molar-refractivity contribution in [1.29, 1.82) is 0 Å². The van der Waals surface area contributed by atoms with Gasteiger partial charge in [-0.15, -0.1) is 0 Å². The van der Waals surface area contributed by atoms with Crippen LogP contribution in [0.5, 0.6) is 5.75 Å². The summed E-state index contributed by atoms with van der Waals surface area (Å²) in [5, 5.41) is 13.1. The van der Waals surface area contributed by atoms with Crippen molar-refractivity contribution in [1.82, 2.24) is 9.97 Å². The maximum atomic E-state index is 11.8. The third kappa shape index (κ3) is 3.65. The third-order valence-electron chi connectivity index (χ3n) is 4.58. The summed E-state index contributed by atoms with van der Waals surface area (Å²) in [7, 11) is -4.49. The van der Waals surface area contributed by atoms with Gasteiger partial charge < -0.3 is 16.2 Å². The summed E-state index contributed by atoms with van der Waals surface area (Å²) < 4.78 is 33.2. The van der Waals surface area contributed by atoms with Crippen molar-refractivity contribution >= 4 is 49.2 Å². The van der Waals surface area contributed by atoms with Gasteiger partial charge in [0.05, 0.1) is 27.8 Å². The molecule has 0 aliphatic heterocycles. The van der Waals surface area contributed by atoms with Crippen LogP contribution in [0.4, 0.5) is 17.1 Å². The first-order chi connectivity index (χ1) is 13.7. The minimum Gasteiger partial charge on any atom is -0.508 e. The summed E-state index contributed by atoms with van der Waals surface area (Å²) >= 11 is 0. The molecule has 8 nitrogen and oxygen atoms in total. The molecule has 1 heterocycles. The summed E-state index contributed by atoms with van der Waals surface area (Å²) in [6.45, 7) is 1.77. The van der Waals surface area contributed by atoms with E-state index in [1.54, 1.807) is 43.3 Å². The third-order valence-corrected chi connectivity index (χ3v) is 5.47. The van der Waals surface area contributed by atoms with E-state index in [0.717, 1.165) is 0 Å². The van der Waals surface area contributed by atoms with E-state index in [1.807, 2.05) is 0 Å². The Morgan fingerprint density at radius 3 is 2.28 bits per heavy atom. The second-order valence-corrected chi connectivity index (χ2v) is 8.00. The van der Waals surface area contributed by atoms with Gasteiger partial charge in [-0.3, -0.25) is 4.55 Å². The molecule has 0 saturated heterocycles. The molecule has 0 amide bonds. The van der Waals surface area contributed by atoms with Crippen LogP contribution < -0.4 is 11.1 Å². The smallest absolute Gasteiger partial charge is 0.296 e. The van der Waals surface area contributed by atoms with Crippen molar-refractivity contribution < 1.29 is 18.1 Å². The molecule has 148 valence electrons. The molecule has 3 aromatic carbocycles. The minimum atomic E-state index is -4.49. The van der Waals surface area contributed by atoms with Gasteiger partial charge in [-0.05, 0) is 54.4 Å². The normalized spacial score (nSPS) is 11.8. The van der Waals surface area contributed by atoms with Crippen LogP contribution in [0.25, 0.3) is 22.1 Å². The number of nitrogens with zero attached hydrogens (tertiary/aromatic N) is 2. The van der Waals surface area contributed by atoms with Crippen molar-refractivity contribution in [3.8, 4) is 5.75 Å². The molecule has 29 heavy (non-hydrogen) atoms. The van der Waals surface area contributed by atoms with E-state index < -0.39 is 10.1 Å². The van der Waals surface area contributed by atoms with Crippen LogP contribution >= 0.6 is 0 Å². The quantitative estimate of drug-likeness (QED) is 0.227. The highest BCUT2D eigenvalue weighted by Crippen LogP contribution is 2.33. The number of fused-ring (bicyclic) bond motifs is 2. The van der Waals surface area contributed by atoms with E-state index in [-0.39, 0.29) is 16.3 Å². The molecule has 0 fully saturated rings. The fraction of sp³-hybridized carbons (Fsp3) is 0.100. The Kier molecular flexibility index (Phi) is 4.48. The lowest BCUT2D eigenvalue weighted by Gasteiger charge is -2.13. The number of hydrogen-bond acceptors (Lipinski definition) is 7. The van der Waals surface area contributed by atoms with Gasteiger partial charge in [-0.2, -0.15) is 8.42 Å². The number of aryl methyl sites for hydroxylation is 1. The van der Waals surface area contributed by atoms with Crippen LogP contribution in [-0.2, 0) is 16.5 Å². The molecule has 0 aliphatic rings. The van der Waals surface area contributed by atoms with E-state index in [4.69, 9.17) is 5.73 Å². The maximum absolute atomic E-state index is 11.8. The number of nitrogens with one attached hydrogen (secondary N) is 1. The fourth-order valence-corrected chi connectivity index (χ4v) is 3.81. The Hall–Kier alpha value is -3.43. The summed E-state index contributed by atoms with van der Waals surface area (Å²) in [5.41, 5.74) is 9.97. The van der Waals surface area contributed by atoms with Crippen molar-refractivity contribution in [2.45, 2.75) is 18.2 Å². The fourth-order valence-electron chi connectivity index (χ4n) is 3.13. The molecule has 4 rings (SSSR count). The summed E-state index contributed by atoms with van der Waals surface area (Å²) in [6.07, 6.45) is 0.414.